The molecule has 0 heterocycles. The fourth-order valence-corrected chi connectivity index (χ4v) is 1.51. The van der Waals surface area contributed by atoms with E-state index in [1.54, 1.807) is 0 Å². The molecule has 0 bridgehead atoms. The lowest BCUT2D eigenvalue weighted by atomic mass is 10.3. The van der Waals surface area contributed by atoms with E-state index >= 15 is 0 Å². The van der Waals surface area contributed by atoms with Crippen molar-refractivity contribution in [1.82, 2.24) is 4.90 Å². The van der Waals surface area contributed by atoms with Crippen molar-refractivity contribution in [3.8, 4) is 5.75 Å². The summed E-state index contributed by atoms with van der Waals surface area (Å²) >= 11 is 0. The molecule has 4 heteroatoms. The van der Waals surface area contributed by atoms with E-state index in [0.29, 0.717) is 19.7 Å². The van der Waals surface area contributed by atoms with E-state index in [4.69, 9.17) is 16.2 Å². The monoisotopic (exact) mass is 223 g/mol. The van der Waals surface area contributed by atoms with Crippen LogP contribution in [0.25, 0.3) is 0 Å². The maximum Gasteiger partial charge on any atom is 0.119 e. The summed E-state index contributed by atoms with van der Waals surface area (Å²) in [7, 11) is 0. The van der Waals surface area contributed by atoms with Crippen LogP contribution in [-0.4, -0.2) is 44.2 Å². The second kappa shape index (κ2) is 8.10. The average Bonchev–Trinajstić information content (AvgIpc) is 2.31. The van der Waals surface area contributed by atoms with Gasteiger partial charge in [-0.25, -0.2) is 0 Å². The first-order valence-corrected chi connectivity index (χ1v) is 5.67. The maximum atomic E-state index is 5.61. The van der Waals surface area contributed by atoms with Crippen molar-refractivity contribution >= 4 is 0 Å². The van der Waals surface area contributed by atoms with Gasteiger partial charge in [0.2, 0.25) is 0 Å². The lowest BCUT2D eigenvalue weighted by Crippen LogP contribution is -2.36. The van der Waals surface area contributed by atoms with Crippen molar-refractivity contribution in [2.45, 2.75) is 0 Å². The number of nitrogens with zero attached hydrogens (tertiary/aromatic N) is 1. The van der Waals surface area contributed by atoms with Crippen molar-refractivity contribution in [1.29, 1.82) is 0 Å². The molecule has 0 aliphatic rings. The highest BCUT2D eigenvalue weighted by Gasteiger charge is 2.02. The Morgan fingerprint density at radius 1 is 0.938 bits per heavy atom. The molecule has 0 saturated heterocycles. The Kier molecular flexibility index (Phi) is 6.56. The summed E-state index contributed by atoms with van der Waals surface area (Å²) in [4.78, 5) is 2.21. The van der Waals surface area contributed by atoms with Crippen LogP contribution in [0.3, 0.4) is 0 Å². The van der Waals surface area contributed by atoms with Gasteiger partial charge in [-0.2, -0.15) is 0 Å². The van der Waals surface area contributed by atoms with Gasteiger partial charge in [-0.15, -0.1) is 0 Å². The van der Waals surface area contributed by atoms with Gasteiger partial charge in [-0.1, -0.05) is 18.2 Å². The minimum absolute atomic E-state index is 0.658. The van der Waals surface area contributed by atoms with Gasteiger partial charge in [-0.05, 0) is 12.1 Å². The summed E-state index contributed by atoms with van der Waals surface area (Å²) in [5, 5.41) is 0. The molecule has 0 aliphatic heterocycles. The summed E-state index contributed by atoms with van der Waals surface area (Å²) in [6.45, 7) is 4.59. The standard InChI is InChI=1S/C12H21N3O/c13-6-8-15(9-7-14)10-11-16-12-4-2-1-3-5-12/h1-5H,6-11,13-14H2. The third kappa shape index (κ3) is 5.11. The van der Waals surface area contributed by atoms with Crippen molar-refractivity contribution < 1.29 is 4.74 Å². The number of benzene rings is 1. The van der Waals surface area contributed by atoms with Gasteiger partial charge in [0, 0.05) is 32.7 Å². The van der Waals surface area contributed by atoms with E-state index < -0.39 is 0 Å². The summed E-state index contributed by atoms with van der Waals surface area (Å²) in [5.74, 6) is 0.906. The number of ether oxygens (including phenoxy) is 1. The van der Waals surface area contributed by atoms with Crippen LogP contribution in [0.15, 0.2) is 30.3 Å². The minimum Gasteiger partial charge on any atom is -0.492 e. The topological polar surface area (TPSA) is 64.5 Å². The van der Waals surface area contributed by atoms with Crippen LogP contribution in [0, 0.1) is 0 Å². The van der Waals surface area contributed by atoms with Crippen molar-refractivity contribution in [2.75, 3.05) is 39.3 Å². The Labute approximate surface area is 97.2 Å². The lowest BCUT2D eigenvalue weighted by molar-refractivity contribution is 0.216. The Morgan fingerprint density at radius 2 is 1.56 bits per heavy atom. The second-order valence-electron chi connectivity index (χ2n) is 3.58. The molecule has 0 radical (unpaired) electrons. The van der Waals surface area contributed by atoms with Crippen LogP contribution in [0.4, 0.5) is 0 Å². The van der Waals surface area contributed by atoms with Gasteiger partial charge in [0.15, 0.2) is 0 Å². The lowest BCUT2D eigenvalue weighted by Gasteiger charge is -2.20. The molecule has 0 amide bonds. The van der Waals surface area contributed by atoms with Crippen LogP contribution >= 0.6 is 0 Å². The SMILES string of the molecule is NCCN(CCN)CCOc1ccccc1. The molecule has 0 spiro atoms. The van der Waals surface area contributed by atoms with Crippen molar-refractivity contribution in [3.05, 3.63) is 30.3 Å². The van der Waals surface area contributed by atoms with Gasteiger partial charge in [0.25, 0.3) is 0 Å². The van der Waals surface area contributed by atoms with Crippen molar-refractivity contribution in [2.24, 2.45) is 11.5 Å². The third-order valence-corrected chi connectivity index (χ3v) is 2.31. The Hall–Kier alpha value is -1.10. The third-order valence-electron chi connectivity index (χ3n) is 2.31. The smallest absolute Gasteiger partial charge is 0.119 e. The molecular weight excluding hydrogens is 202 g/mol. The molecule has 0 aromatic heterocycles. The van der Waals surface area contributed by atoms with E-state index in [1.807, 2.05) is 30.3 Å². The van der Waals surface area contributed by atoms with E-state index in [2.05, 4.69) is 4.90 Å². The zero-order valence-electron chi connectivity index (χ0n) is 9.64. The van der Waals surface area contributed by atoms with Gasteiger partial charge >= 0.3 is 0 Å². The fourth-order valence-electron chi connectivity index (χ4n) is 1.51. The highest BCUT2D eigenvalue weighted by Crippen LogP contribution is 2.07. The molecular formula is C12H21N3O. The highest BCUT2D eigenvalue weighted by molar-refractivity contribution is 5.20. The first-order valence-electron chi connectivity index (χ1n) is 5.67. The molecule has 0 unspecified atom stereocenters. The summed E-state index contributed by atoms with van der Waals surface area (Å²) < 4.78 is 5.61. The zero-order valence-corrected chi connectivity index (χ0v) is 9.64. The molecule has 0 aliphatic carbocycles. The number of hydrogen-bond acceptors (Lipinski definition) is 4. The average molecular weight is 223 g/mol. The molecule has 4 nitrogen and oxygen atoms in total. The van der Waals surface area contributed by atoms with Gasteiger partial charge < -0.3 is 16.2 Å². The maximum absolute atomic E-state index is 5.61. The second-order valence-corrected chi connectivity index (χ2v) is 3.58. The van der Waals surface area contributed by atoms with Gasteiger partial charge in [0.05, 0.1) is 0 Å². The number of para-hydroxylation sites is 1. The Bertz CT molecular complexity index is 260. The normalized spacial score (nSPS) is 10.7. The van der Waals surface area contributed by atoms with E-state index in [9.17, 15) is 0 Å². The number of rotatable bonds is 8. The molecule has 1 aromatic rings. The predicted octanol–water partition coefficient (Wildman–Crippen LogP) is 0.285. The van der Waals surface area contributed by atoms with Crippen LogP contribution in [-0.2, 0) is 0 Å². The van der Waals surface area contributed by atoms with Crippen LogP contribution in [0.1, 0.15) is 0 Å². The Morgan fingerprint density at radius 3 is 2.12 bits per heavy atom. The van der Waals surface area contributed by atoms with Crippen LogP contribution in [0.2, 0.25) is 0 Å². The first kappa shape index (κ1) is 13.0. The van der Waals surface area contributed by atoms with E-state index in [-0.39, 0.29) is 0 Å². The summed E-state index contributed by atoms with van der Waals surface area (Å²) in [6.07, 6.45) is 0. The van der Waals surface area contributed by atoms with Gasteiger partial charge in [0.1, 0.15) is 12.4 Å². The predicted molar refractivity (Wildman–Crippen MR) is 66.5 cm³/mol. The fraction of sp³-hybridized carbons (Fsp3) is 0.500. The largest absolute Gasteiger partial charge is 0.492 e. The van der Waals surface area contributed by atoms with Crippen LogP contribution < -0.4 is 16.2 Å². The van der Waals surface area contributed by atoms with Gasteiger partial charge in [-0.3, -0.25) is 4.90 Å². The molecule has 90 valence electrons. The van der Waals surface area contributed by atoms with Crippen molar-refractivity contribution in [3.63, 3.8) is 0 Å². The molecule has 4 N–H and O–H groups in total. The quantitative estimate of drug-likeness (QED) is 0.664. The van der Waals surface area contributed by atoms with E-state index in [0.717, 1.165) is 25.4 Å². The first-order chi connectivity index (χ1) is 7.86. The summed E-state index contributed by atoms with van der Waals surface area (Å²) in [5.41, 5.74) is 11.0. The number of nitrogens with two attached hydrogens (primary N) is 2. The number of hydrogen-bond donors (Lipinski definition) is 2. The summed E-state index contributed by atoms with van der Waals surface area (Å²) in [6, 6.07) is 9.81. The minimum atomic E-state index is 0.658. The molecule has 0 atom stereocenters. The molecule has 0 saturated carbocycles. The molecule has 0 fully saturated rings. The van der Waals surface area contributed by atoms with Crippen LogP contribution in [0.5, 0.6) is 5.75 Å². The zero-order chi connectivity index (χ0) is 11.6. The molecule has 1 aromatic carbocycles. The highest BCUT2D eigenvalue weighted by atomic mass is 16.5. The molecule has 16 heavy (non-hydrogen) atoms. The molecule has 1 rings (SSSR count). The Balaban J connectivity index is 2.22. The van der Waals surface area contributed by atoms with E-state index in [1.165, 1.54) is 0 Å².